The van der Waals surface area contributed by atoms with Crippen molar-refractivity contribution in [2.45, 2.75) is 39.9 Å². The van der Waals surface area contributed by atoms with E-state index >= 15 is 0 Å². The summed E-state index contributed by atoms with van der Waals surface area (Å²) in [6.07, 6.45) is -0.875. The van der Waals surface area contributed by atoms with E-state index in [1.54, 1.807) is 6.92 Å². The van der Waals surface area contributed by atoms with Gasteiger partial charge in [-0.1, -0.05) is 6.92 Å². The largest absolute Gasteiger partial charge is 0.310 e. The van der Waals surface area contributed by atoms with Gasteiger partial charge >= 0.3 is 0 Å². The van der Waals surface area contributed by atoms with Crippen LogP contribution in [0.3, 0.4) is 0 Å². The summed E-state index contributed by atoms with van der Waals surface area (Å²) < 4.78 is 86.4. The lowest BCUT2D eigenvalue weighted by atomic mass is 10.1. The van der Waals surface area contributed by atoms with Crippen LogP contribution in [0, 0.1) is 0 Å². The number of fused-ring (bicyclic) bond motifs is 1. The first-order valence-electron chi connectivity index (χ1n) is 7.77. The Morgan fingerprint density at radius 2 is 2.37 bits per heavy atom. The van der Waals surface area contributed by atoms with E-state index in [1.807, 2.05) is 0 Å². The Balaban J connectivity index is 2.88. The molecule has 1 aliphatic heterocycles. The number of nitrogens with one attached hydrogen (secondary N) is 1. The highest BCUT2D eigenvalue weighted by Crippen LogP contribution is 2.42. The molecule has 0 aliphatic carbocycles. The van der Waals surface area contributed by atoms with Crippen molar-refractivity contribution < 1.29 is 23.7 Å². The second-order valence-corrected chi connectivity index (χ2v) is 8.93. The van der Waals surface area contributed by atoms with E-state index in [2.05, 4.69) is 5.32 Å². The SMILES string of the molecule is [2H]C([2H])([2H])[C@@]1([2H])C[C@]([2H])(NCC)c2cc(S(N)(=O)=O)sc2S1(=O)=O. The lowest BCUT2D eigenvalue weighted by molar-refractivity contribution is 0.477. The molecular weight excluding hydrogens is 308 g/mol. The molecule has 0 unspecified atom stereocenters. The average Bonchev–Trinajstić information content (AvgIpc) is 2.82. The van der Waals surface area contributed by atoms with Crippen LogP contribution in [0.2, 0.25) is 0 Å². The molecule has 1 aromatic heterocycles. The third-order valence-corrected chi connectivity index (χ3v) is 7.34. The number of nitrogens with two attached hydrogens (primary N) is 1. The van der Waals surface area contributed by atoms with Crippen molar-refractivity contribution in [2.24, 2.45) is 5.14 Å². The fraction of sp³-hybridized carbons (Fsp3) is 0.600. The second-order valence-electron chi connectivity index (χ2n) is 3.92. The Bertz CT molecular complexity index is 879. The molecular formula is C10H16N2O4S3. The Hall–Kier alpha value is -0.480. The third-order valence-electron chi connectivity index (χ3n) is 2.58. The maximum Gasteiger partial charge on any atom is 0.247 e. The molecule has 108 valence electrons. The zero-order valence-corrected chi connectivity index (χ0v) is 12.4. The first-order chi connectivity index (χ1) is 10.6. The standard InChI is InChI=1S/C10H16N2O4S3/c1-3-12-8-4-6(2)18(13,14)10-7(8)5-9(17-10)19(11,15)16/h5-6,8,12H,3-4H2,1-2H3,(H2,11,15,16)/t6-,8-/m0/s1/i2D3,6D,8D. The average molecular weight is 329 g/mol. The number of thiophene rings is 1. The topological polar surface area (TPSA) is 106 Å². The van der Waals surface area contributed by atoms with Crippen LogP contribution in [0.15, 0.2) is 14.5 Å². The number of rotatable bonds is 3. The molecule has 0 radical (unpaired) electrons. The van der Waals surface area contributed by atoms with E-state index in [0.29, 0.717) is 0 Å². The predicted octanol–water partition coefficient (Wildman–Crippen LogP) is 0.612. The number of hydrogen-bond acceptors (Lipinski definition) is 6. The maximum absolute atomic E-state index is 12.7. The molecule has 9 heteroatoms. The van der Waals surface area contributed by atoms with Gasteiger partial charge in [0, 0.05) is 17.1 Å². The maximum atomic E-state index is 12.7. The van der Waals surface area contributed by atoms with Gasteiger partial charge in [-0.2, -0.15) is 0 Å². The van der Waals surface area contributed by atoms with E-state index in [4.69, 9.17) is 12.0 Å². The van der Waals surface area contributed by atoms with Gasteiger partial charge in [0.25, 0.3) is 0 Å². The summed E-state index contributed by atoms with van der Waals surface area (Å²) in [7, 11) is -8.97. The van der Waals surface area contributed by atoms with Gasteiger partial charge in [0.2, 0.25) is 10.0 Å². The van der Waals surface area contributed by atoms with Crippen LogP contribution >= 0.6 is 11.3 Å². The molecule has 2 heterocycles. The second kappa shape index (κ2) is 4.81. The van der Waals surface area contributed by atoms with Crippen LogP contribution in [0.5, 0.6) is 0 Å². The molecule has 0 spiro atoms. The lowest BCUT2D eigenvalue weighted by Gasteiger charge is -2.27. The van der Waals surface area contributed by atoms with Crippen molar-refractivity contribution in [1.82, 2.24) is 5.32 Å². The summed E-state index contributed by atoms with van der Waals surface area (Å²) in [5.41, 5.74) is -0.203. The van der Waals surface area contributed by atoms with Crippen molar-refractivity contribution in [3.8, 4) is 0 Å². The third kappa shape index (κ3) is 2.57. The molecule has 0 bridgehead atoms. The molecule has 19 heavy (non-hydrogen) atoms. The molecule has 0 saturated carbocycles. The molecule has 0 amide bonds. The van der Waals surface area contributed by atoms with Crippen LogP contribution < -0.4 is 10.5 Å². The van der Waals surface area contributed by atoms with Crippen LogP contribution in [0.25, 0.3) is 0 Å². The Morgan fingerprint density at radius 3 is 2.89 bits per heavy atom. The molecule has 0 saturated heterocycles. The molecule has 2 atom stereocenters. The molecule has 0 aromatic carbocycles. The molecule has 2 rings (SSSR count). The monoisotopic (exact) mass is 329 g/mol. The van der Waals surface area contributed by atoms with E-state index in [-0.39, 0.29) is 23.4 Å². The normalized spacial score (nSPS) is 38.3. The summed E-state index contributed by atoms with van der Waals surface area (Å²) >= 11 is 0.265. The quantitative estimate of drug-likeness (QED) is 0.845. The van der Waals surface area contributed by atoms with Crippen LogP contribution in [0.1, 0.15) is 38.6 Å². The summed E-state index contributed by atoms with van der Waals surface area (Å²) in [5.74, 6) is 0. The summed E-state index contributed by atoms with van der Waals surface area (Å²) in [6.45, 7) is -1.43. The summed E-state index contributed by atoms with van der Waals surface area (Å²) in [5, 5.41) is 4.70. The van der Waals surface area contributed by atoms with Gasteiger partial charge in [-0.15, -0.1) is 11.3 Å². The van der Waals surface area contributed by atoms with Crippen LogP contribution in [-0.4, -0.2) is 28.6 Å². The molecule has 0 fully saturated rings. The Kier molecular flexibility index (Phi) is 2.39. The number of sulfonamides is 1. The zero-order valence-electron chi connectivity index (χ0n) is 14.9. The van der Waals surface area contributed by atoms with Crippen molar-refractivity contribution in [3.05, 3.63) is 11.6 Å². The summed E-state index contributed by atoms with van der Waals surface area (Å²) in [6, 6.07) is -0.980. The van der Waals surface area contributed by atoms with E-state index in [1.165, 1.54) is 0 Å². The van der Waals surface area contributed by atoms with Gasteiger partial charge in [0.05, 0.1) is 6.60 Å². The van der Waals surface area contributed by atoms with Crippen LogP contribution in [0.4, 0.5) is 0 Å². The van der Waals surface area contributed by atoms with Crippen molar-refractivity contribution in [3.63, 3.8) is 0 Å². The predicted molar refractivity (Wildman–Crippen MR) is 73.4 cm³/mol. The highest BCUT2D eigenvalue weighted by molar-refractivity contribution is 7.95. The highest BCUT2D eigenvalue weighted by atomic mass is 32.3. The molecule has 6 nitrogen and oxygen atoms in total. The van der Waals surface area contributed by atoms with Crippen molar-refractivity contribution in [2.75, 3.05) is 6.54 Å². The van der Waals surface area contributed by atoms with E-state index in [9.17, 15) is 16.8 Å². The first-order valence-corrected chi connectivity index (χ1v) is 9.11. The van der Waals surface area contributed by atoms with Gasteiger partial charge in [-0.25, -0.2) is 22.0 Å². The molecule has 1 aromatic rings. The number of primary sulfonamides is 1. The smallest absolute Gasteiger partial charge is 0.247 e. The molecule has 3 N–H and O–H groups in total. The van der Waals surface area contributed by atoms with Gasteiger partial charge in [0.15, 0.2) is 9.84 Å². The minimum Gasteiger partial charge on any atom is -0.310 e. The van der Waals surface area contributed by atoms with Crippen LogP contribution in [-0.2, 0) is 19.9 Å². The van der Waals surface area contributed by atoms with Gasteiger partial charge in [-0.3, -0.25) is 0 Å². The summed E-state index contributed by atoms with van der Waals surface area (Å²) in [4.78, 5) is 0. The van der Waals surface area contributed by atoms with E-state index in [0.717, 1.165) is 6.07 Å². The number of hydrogen-bond donors (Lipinski definition) is 2. The lowest BCUT2D eigenvalue weighted by Crippen LogP contribution is -2.33. The number of sulfone groups is 1. The highest BCUT2D eigenvalue weighted by Gasteiger charge is 2.39. The minimum absolute atomic E-state index is 0.181. The van der Waals surface area contributed by atoms with Gasteiger partial charge in [-0.05, 0) is 25.9 Å². The zero-order chi connectivity index (χ0) is 18.8. The van der Waals surface area contributed by atoms with Crippen molar-refractivity contribution in [1.29, 1.82) is 0 Å². The van der Waals surface area contributed by atoms with Gasteiger partial charge < -0.3 is 5.32 Å². The van der Waals surface area contributed by atoms with Crippen molar-refractivity contribution >= 4 is 31.2 Å². The fourth-order valence-electron chi connectivity index (χ4n) is 1.74. The Morgan fingerprint density at radius 1 is 1.68 bits per heavy atom. The first kappa shape index (κ1) is 9.46. The van der Waals surface area contributed by atoms with Gasteiger partial charge in [0.1, 0.15) is 8.42 Å². The fourth-order valence-corrected chi connectivity index (χ4v) is 5.58. The Labute approximate surface area is 124 Å². The minimum atomic E-state index is -4.73. The molecule has 1 aliphatic rings. The van der Waals surface area contributed by atoms with E-state index < -0.39 is 52.8 Å².